The summed E-state index contributed by atoms with van der Waals surface area (Å²) in [5.41, 5.74) is -2.16. The molecule has 1 aromatic carbocycles. The highest BCUT2D eigenvalue weighted by Gasteiger charge is 2.64. The van der Waals surface area contributed by atoms with Gasteiger partial charge in [-0.05, 0) is 12.1 Å². The van der Waals surface area contributed by atoms with Gasteiger partial charge in [0.2, 0.25) is 0 Å². The SMILES string of the molecule is Nc1cc(O)ccc1C(F)(C(F)F)C(F)(F)F. The van der Waals surface area contributed by atoms with Crippen LogP contribution in [0.25, 0.3) is 0 Å². The van der Waals surface area contributed by atoms with Crippen LogP contribution in [0.15, 0.2) is 18.2 Å². The zero-order valence-corrected chi connectivity index (χ0v) is 8.10. The Morgan fingerprint density at radius 2 is 1.65 bits per heavy atom. The fourth-order valence-electron chi connectivity index (χ4n) is 1.28. The van der Waals surface area contributed by atoms with Crippen LogP contribution in [0.1, 0.15) is 5.56 Å². The normalized spacial score (nSPS) is 15.9. The first-order chi connectivity index (χ1) is 7.60. The topological polar surface area (TPSA) is 46.2 Å². The highest BCUT2D eigenvalue weighted by atomic mass is 19.4. The Balaban J connectivity index is 3.44. The maximum absolute atomic E-state index is 13.5. The van der Waals surface area contributed by atoms with E-state index in [4.69, 9.17) is 10.8 Å². The molecule has 3 N–H and O–H groups in total. The average Bonchev–Trinajstić information content (AvgIpc) is 2.14. The number of aromatic hydroxyl groups is 1. The lowest BCUT2D eigenvalue weighted by Gasteiger charge is -2.28. The van der Waals surface area contributed by atoms with E-state index >= 15 is 0 Å². The van der Waals surface area contributed by atoms with E-state index in [0.29, 0.717) is 18.2 Å². The first-order valence-corrected chi connectivity index (χ1v) is 4.23. The summed E-state index contributed by atoms with van der Waals surface area (Å²) in [5, 5.41) is 8.87. The van der Waals surface area contributed by atoms with Crippen molar-refractivity contribution >= 4 is 5.69 Å². The van der Waals surface area contributed by atoms with E-state index in [1.807, 2.05) is 0 Å². The van der Waals surface area contributed by atoms with E-state index in [-0.39, 0.29) is 0 Å². The molecule has 8 heteroatoms. The highest BCUT2D eigenvalue weighted by Crippen LogP contribution is 2.49. The lowest BCUT2D eigenvalue weighted by Crippen LogP contribution is -2.45. The molecule has 0 aliphatic heterocycles. The van der Waals surface area contributed by atoms with Crippen molar-refractivity contribution < 1.29 is 31.4 Å². The number of rotatable bonds is 2. The van der Waals surface area contributed by atoms with E-state index in [9.17, 15) is 26.3 Å². The molecular weight excluding hydrogens is 252 g/mol. The van der Waals surface area contributed by atoms with Gasteiger partial charge in [0.25, 0.3) is 12.1 Å². The van der Waals surface area contributed by atoms with E-state index < -0.39 is 35.3 Å². The van der Waals surface area contributed by atoms with Crippen molar-refractivity contribution in [3.63, 3.8) is 0 Å². The van der Waals surface area contributed by atoms with Gasteiger partial charge in [-0.2, -0.15) is 13.2 Å². The van der Waals surface area contributed by atoms with Gasteiger partial charge in [-0.15, -0.1) is 0 Å². The van der Waals surface area contributed by atoms with E-state index in [2.05, 4.69) is 0 Å². The Morgan fingerprint density at radius 1 is 1.12 bits per heavy atom. The van der Waals surface area contributed by atoms with Gasteiger partial charge in [0.15, 0.2) is 0 Å². The standard InChI is InChI=1S/C9H7F6NO/c10-7(11)8(12,9(13,14)15)5-2-1-4(17)3-6(5)16/h1-3,7,17H,16H2. The first kappa shape index (κ1) is 13.5. The van der Waals surface area contributed by atoms with Crippen LogP contribution in [0.2, 0.25) is 0 Å². The van der Waals surface area contributed by atoms with Gasteiger partial charge >= 0.3 is 6.18 Å². The number of halogens is 6. The maximum Gasteiger partial charge on any atom is 0.432 e. The monoisotopic (exact) mass is 259 g/mol. The van der Waals surface area contributed by atoms with Gasteiger partial charge in [0, 0.05) is 17.3 Å². The van der Waals surface area contributed by atoms with Gasteiger partial charge in [0.1, 0.15) is 5.75 Å². The van der Waals surface area contributed by atoms with Crippen LogP contribution >= 0.6 is 0 Å². The molecule has 0 aliphatic carbocycles. The molecule has 0 aliphatic rings. The molecule has 2 nitrogen and oxygen atoms in total. The number of hydrogen-bond acceptors (Lipinski definition) is 2. The summed E-state index contributed by atoms with van der Waals surface area (Å²) in [5.74, 6) is -0.551. The number of hydrogen-bond donors (Lipinski definition) is 2. The van der Waals surface area contributed by atoms with Gasteiger partial charge in [-0.3, -0.25) is 0 Å². The van der Waals surface area contributed by atoms with Crippen molar-refractivity contribution in [1.29, 1.82) is 0 Å². The molecule has 0 bridgehead atoms. The zero-order valence-electron chi connectivity index (χ0n) is 8.10. The minimum absolute atomic E-state index is 0.379. The lowest BCUT2D eigenvalue weighted by molar-refractivity contribution is -0.274. The van der Waals surface area contributed by atoms with Crippen molar-refractivity contribution in [2.45, 2.75) is 18.3 Å². The molecule has 0 saturated heterocycles. The largest absolute Gasteiger partial charge is 0.508 e. The molecule has 1 unspecified atom stereocenters. The summed E-state index contributed by atoms with van der Waals surface area (Å²) in [6, 6.07) is 1.59. The summed E-state index contributed by atoms with van der Waals surface area (Å²) in [6.45, 7) is 0. The zero-order chi connectivity index (χ0) is 13.4. The molecule has 0 saturated carbocycles. The number of nitrogens with two attached hydrogens (primary N) is 1. The van der Waals surface area contributed by atoms with E-state index in [1.54, 1.807) is 0 Å². The number of phenolic OH excluding ortho intramolecular Hbond substituents is 1. The molecule has 0 heterocycles. The quantitative estimate of drug-likeness (QED) is 0.633. The summed E-state index contributed by atoms with van der Waals surface area (Å²) in [4.78, 5) is 0. The summed E-state index contributed by atoms with van der Waals surface area (Å²) < 4.78 is 75.2. The Morgan fingerprint density at radius 3 is 2.00 bits per heavy atom. The summed E-state index contributed by atoms with van der Waals surface area (Å²) in [6.07, 6.45) is -10.1. The van der Waals surface area contributed by atoms with Crippen molar-refractivity contribution in [3.8, 4) is 5.75 Å². The predicted molar refractivity (Wildman–Crippen MR) is 47.4 cm³/mol. The molecule has 0 radical (unpaired) electrons. The van der Waals surface area contributed by atoms with E-state index in [0.717, 1.165) is 0 Å². The molecule has 0 fully saturated rings. The molecule has 0 spiro atoms. The Labute approximate surface area is 91.7 Å². The van der Waals surface area contributed by atoms with Crippen LogP contribution in [0.5, 0.6) is 5.75 Å². The second kappa shape index (κ2) is 4.01. The third-order valence-electron chi connectivity index (χ3n) is 2.14. The van der Waals surface area contributed by atoms with Gasteiger partial charge in [-0.1, -0.05) is 0 Å². The minimum atomic E-state index is -5.81. The average molecular weight is 259 g/mol. The van der Waals surface area contributed by atoms with E-state index in [1.165, 1.54) is 0 Å². The van der Waals surface area contributed by atoms with Crippen LogP contribution in [-0.4, -0.2) is 17.7 Å². The smallest absolute Gasteiger partial charge is 0.432 e. The van der Waals surface area contributed by atoms with Crippen molar-refractivity contribution in [3.05, 3.63) is 23.8 Å². The highest BCUT2D eigenvalue weighted by molar-refractivity contribution is 5.54. The molecule has 1 atom stereocenters. The molecule has 0 aromatic heterocycles. The Kier molecular flexibility index (Phi) is 3.17. The third-order valence-corrected chi connectivity index (χ3v) is 2.14. The van der Waals surface area contributed by atoms with Crippen LogP contribution in [0.3, 0.4) is 0 Å². The van der Waals surface area contributed by atoms with Crippen LogP contribution in [0.4, 0.5) is 32.0 Å². The van der Waals surface area contributed by atoms with Gasteiger partial charge in [0.05, 0.1) is 0 Å². The first-order valence-electron chi connectivity index (χ1n) is 4.23. The lowest BCUT2D eigenvalue weighted by atomic mass is 9.93. The minimum Gasteiger partial charge on any atom is -0.508 e. The van der Waals surface area contributed by atoms with Crippen LogP contribution < -0.4 is 5.73 Å². The maximum atomic E-state index is 13.5. The molecule has 1 aromatic rings. The molecule has 17 heavy (non-hydrogen) atoms. The van der Waals surface area contributed by atoms with Crippen LogP contribution in [0, 0.1) is 0 Å². The fraction of sp³-hybridized carbons (Fsp3) is 0.333. The fourth-order valence-corrected chi connectivity index (χ4v) is 1.28. The Hall–Kier alpha value is -1.60. The number of phenols is 1. The number of alkyl halides is 6. The molecule has 0 amide bonds. The number of benzene rings is 1. The summed E-state index contributed by atoms with van der Waals surface area (Å²) in [7, 11) is 0. The van der Waals surface area contributed by atoms with Gasteiger partial charge in [-0.25, -0.2) is 13.2 Å². The number of anilines is 1. The molecular formula is C9H7F6NO. The van der Waals surface area contributed by atoms with Gasteiger partial charge < -0.3 is 10.8 Å². The second-order valence-electron chi connectivity index (χ2n) is 3.28. The Bertz CT molecular complexity index is 418. The molecule has 1 rings (SSSR count). The second-order valence-corrected chi connectivity index (χ2v) is 3.28. The van der Waals surface area contributed by atoms with Crippen molar-refractivity contribution in [1.82, 2.24) is 0 Å². The third kappa shape index (κ3) is 2.11. The van der Waals surface area contributed by atoms with Crippen molar-refractivity contribution in [2.24, 2.45) is 0 Å². The summed E-state index contributed by atoms with van der Waals surface area (Å²) >= 11 is 0. The predicted octanol–water partition coefficient (Wildman–Crippen LogP) is 2.97. The number of nitrogen functional groups attached to an aromatic ring is 1. The van der Waals surface area contributed by atoms with Crippen molar-refractivity contribution in [2.75, 3.05) is 5.73 Å². The van der Waals surface area contributed by atoms with Crippen LogP contribution in [-0.2, 0) is 5.67 Å². The molecule has 96 valence electrons.